The van der Waals surface area contributed by atoms with E-state index < -0.39 is 0 Å². The quantitative estimate of drug-likeness (QED) is 0.833. The van der Waals surface area contributed by atoms with E-state index in [-0.39, 0.29) is 5.91 Å². The minimum atomic E-state index is 0.0102. The van der Waals surface area contributed by atoms with Crippen molar-refractivity contribution in [3.63, 3.8) is 0 Å². The Kier molecular flexibility index (Phi) is 4.53. The molecule has 0 atom stereocenters. The summed E-state index contributed by atoms with van der Waals surface area (Å²) in [5, 5.41) is 8.74. The molecule has 1 aromatic rings. The van der Waals surface area contributed by atoms with Crippen LogP contribution in [0.15, 0.2) is 24.3 Å². The SMILES string of the molecule is CN(CC1CCOCC1)C(=O)c1ccc(C#N)cc1. The van der Waals surface area contributed by atoms with Crippen molar-refractivity contribution in [1.82, 2.24) is 4.90 Å². The zero-order valence-corrected chi connectivity index (χ0v) is 11.1. The highest BCUT2D eigenvalue weighted by Crippen LogP contribution is 2.16. The van der Waals surface area contributed by atoms with Crippen molar-refractivity contribution < 1.29 is 9.53 Å². The summed E-state index contributed by atoms with van der Waals surface area (Å²) in [5.41, 5.74) is 1.21. The molecule has 4 nitrogen and oxygen atoms in total. The van der Waals surface area contributed by atoms with Gasteiger partial charge in [-0.25, -0.2) is 0 Å². The van der Waals surface area contributed by atoms with E-state index in [4.69, 9.17) is 10.00 Å². The predicted molar refractivity (Wildman–Crippen MR) is 71.7 cm³/mol. The van der Waals surface area contributed by atoms with Crippen LogP contribution in [0.25, 0.3) is 0 Å². The first-order chi connectivity index (χ1) is 9.20. The molecule has 2 rings (SSSR count). The average molecular weight is 258 g/mol. The highest BCUT2D eigenvalue weighted by molar-refractivity contribution is 5.94. The van der Waals surface area contributed by atoms with Gasteiger partial charge in [0.05, 0.1) is 11.6 Å². The van der Waals surface area contributed by atoms with Crippen LogP contribution in [0.5, 0.6) is 0 Å². The topological polar surface area (TPSA) is 53.3 Å². The van der Waals surface area contributed by atoms with Crippen LogP contribution in [0, 0.1) is 17.2 Å². The van der Waals surface area contributed by atoms with E-state index in [1.807, 2.05) is 13.1 Å². The monoisotopic (exact) mass is 258 g/mol. The number of amides is 1. The molecule has 0 aliphatic carbocycles. The Morgan fingerprint density at radius 3 is 2.58 bits per heavy atom. The number of carbonyl (C=O) groups excluding carboxylic acids is 1. The maximum absolute atomic E-state index is 12.2. The Bertz CT molecular complexity index is 470. The van der Waals surface area contributed by atoms with Crippen LogP contribution in [0.4, 0.5) is 0 Å². The molecule has 100 valence electrons. The highest BCUT2D eigenvalue weighted by Gasteiger charge is 2.19. The zero-order valence-electron chi connectivity index (χ0n) is 11.1. The summed E-state index contributed by atoms with van der Waals surface area (Å²) in [5.74, 6) is 0.539. The van der Waals surface area contributed by atoms with Crippen LogP contribution in [-0.4, -0.2) is 37.6 Å². The molecule has 19 heavy (non-hydrogen) atoms. The molecule has 1 aliphatic rings. The second-order valence-electron chi connectivity index (χ2n) is 4.93. The van der Waals surface area contributed by atoms with Gasteiger partial charge in [-0.15, -0.1) is 0 Å². The standard InChI is InChI=1S/C15H18N2O2/c1-17(11-13-6-8-19-9-7-13)15(18)14-4-2-12(10-16)3-5-14/h2-5,13H,6-9,11H2,1H3. The number of nitriles is 1. The van der Waals surface area contributed by atoms with Crippen LogP contribution in [0.2, 0.25) is 0 Å². The van der Waals surface area contributed by atoms with E-state index in [1.165, 1.54) is 0 Å². The van der Waals surface area contributed by atoms with E-state index in [0.717, 1.165) is 32.6 Å². The van der Waals surface area contributed by atoms with Crippen molar-refractivity contribution in [3.8, 4) is 6.07 Å². The minimum Gasteiger partial charge on any atom is -0.381 e. The van der Waals surface area contributed by atoms with Crippen LogP contribution < -0.4 is 0 Å². The number of hydrogen-bond acceptors (Lipinski definition) is 3. The summed E-state index contributed by atoms with van der Waals surface area (Å²) in [7, 11) is 1.83. The zero-order chi connectivity index (χ0) is 13.7. The van der Waals surface area contributed by atoms with Gasteiger partial charge in [0.15, 0.2) is 0 Å². The van der Waals surface area contributed by atoms with Crippen molar-refractivity contribution in [1.29, 1.82) is 5.26 Å². The molecule has 0 saturated carbocycles. The molecule has 0 unspecified atom stereocenters. The summed E-state index contributed by atoms with van der Waals surface area (Å²) >= 11 is 0. The van der Waals surface area contributed by atoms with Crippen molar-refractivity contribution in [2.75, 3.05) is 26.8 Å². The number of nitrogens with zero attached hydrogens (tertiary/aromatic N) is 2. The molecule has 0 spiro atoms. The third-order valence-corrected chi connectivity index (χ3v) is 3.48. The van der Waals surface area contributed by atoms with Crippen LogP contribution >= 0.6 is 0 Å². The first-order valence-electron chi connectivity index (χ1n) is 6.54. The Morgan fingerprint density at radius 1 is 1.37 bits per heavy atom. The van der Waals surface area contributed by atoms with Gasteiger partial charge in [0.25, 0.3) is 5.91 Å². The maximum Gasteiger partial charge on any atom is 0.253 e. The molecule has 0 bridgehead atoms. The maximum atomic E-state index is 12.2. The molecule has 1 saturated heterocycles. The molecule has 1 aliphatic heterocycles. The summed E-state index contributed by atoms with van der Waals surface area (Å²) < 4.78 is 5.32. The normalized spacial score (nSPS) is 15.8. The molecule has 0 N–H and O–H groups in total. The molecule has 4 heteroatoms. The van der Waals surface area contributed by atoms with Gasteiger partial charge in [0.1, 0.15) is 0 Å². The third kappa shape index (κ3) is 3.55. The Labute approximate surface area is 113 Å². The first kappa shape index (κ1) is 13.6. The average Bonchev–Trinajstić information content (AvgIpc) is 2.47. The second-order valence-corrected chi connectivity index (χ2v) is 4.93. The lowest BCUT2D eigenvalue weighted by Gasteiger charge is -2.27. The highest BCUT2D eigenvalue weighted by atomic mass is 16.5. The van der Waals surface area contributed by atoms with E-state index in [0.29, 0.717) is 17.0 Å². The Morgan fingerprint density at radius 2 is 2.00 bits per heavy atom. The number of carbonyl (C=O) groups is 1. The van der Waals surface area contributed by atoms with Crippen molar-refractivity contribution in [3.05, 3.63) is 35.4 Å². The van der Waals surface area contributed by atoms with Crippen molar-refractivity contribution in [2.24, 2.45) is 5.92 Å². The van der Waals surface area contributed by atoms with E-state index >= 15 is 0 Å². The molecular weight excluding hydrogens is 240 g/mol. The number of rotatable bonds is 3. The lowest BCUT2D eigenvalue weighted by molar-refractivity contribution is 0.0497. The van der Waals surface area contributed by atoms with E-state index in [2.05, 4.69) is 0 Å². The van der Waals surface area contributed by atoms with Gasteiger partial charge in [-0.05, 0) is 43.0 Å². The summed E-state index contributed by atoms with van der Waals surface area (Å²) in [6.45, 7) is 2.36. The summed E-state index contributed by atoms with van der Waals surface area (Å²) in [6, 6.07) is 8.82. The van der Waals surface area contributed by atoms with Gasteiger partial charge in [-0.2, -0.15) is 5.26 Å². The minimum absolute atomic E-state index is 0.0102. The largest absolute Gasteiger partial charge is 0.381 e. The fraction of sp³-hybridized carbons (Fsp3) is 0.467. The fourth-order valence-corrected chi connectivity index (χ4v) is 2.31. The van der Waals surface area contributed by atoms with E-state index in [9.17, 15) is 4.79 Å². The van der Waals surface area contributed by atoms with Gasteiger partial charge in [0, 0.05) is 32.4 Å². The van der Waals surface area contributed by atoms with Gasteiger partial charge in [0.2, 0.25) is 0 Å². The third-order valence-electron chi connectivity index (χ3n) is 3.48. The molecule has 0 aromatic heterocycles. The van der Waals surface area contributed by atoms with E-state index in [1.54, 1.807) is 29.2 Å². The van der Waals surface area contributed by atoms with Crippen LogP contribution in [0.1, 0.15) is 28.8 Å². The van der Waals surface area contributed by atoms with Crippen molar-refractivity contribution in [2.45, 2.75) is 12.8 Å². The first-order valence-corrected chi connectivity index (χ1v) is 6.54. The smallest absolute Gasteiger partial charge is 0.253 e. The molecular formula is C15H18N2O2. The Hall–Kier alpha value is -1.86. The summed E-state index contributed by atoms with van der Waals surface area (Å²) in [6.07, 6.45) is 2.04. The van der Waals surface area contributed by atoms with Crippen LogP contribution in [-0.2, 0) is 4.74 Å². The molecule has 1 heterocycles. The fourth-order valence-electron chi connectivity index (χ4n) is 2.31. The lowest BCUT2D eigenvalue weighted by Crippen LogP contribution is -2.34. The second kappa shape index (κ2) is 6.35. The van der Waals surface area contributed by atoms with Crippen molar-refractivity contribution >= 4 is 5.91 Å². The van der Waals surface area contributed by atoms with Gasteiger partial charge < -0.3 is 9.64 Å². The van der Waals surface area contributed by atoms with Gasteiger partial charge >= 0.3 is 0 Å². The number of ether oxygens (including phenoxy) is 1. The molecule has 1 amide bonds. The Balaban J connectivity index is 1.95. The summed E-state index contributed by atoms with van der Waals surface area (Å²) in [4.78, 5) is 14.0. The lowest BCUT2D eigenvalue weighted by atomic mass is 9.99. The predicted octanol–water partition coefficient (Wildman–Crippen LogP) is 2.06. The van der Waals surface area contributed by atoms with Gasteiger partial charge in [-0.3, -0.25) is 4.79 Å². The molecule has 1 fully saturated rings. The van der Waals surface area contributed by atoms with Gasteiger partial charge in [-0.1, -0.05) is 0 Å². The molecule has 1 aromatic carbocycles. The number of benzene rings is 1. The van der Waals surface area contributed by atoms with Crippen LogP contribution in [0.3, 0.4) is 0 Å². The molecule has 0 radical (unpaired) electrons. The number of hydrogen-bond donors (Lipinski definition) is 0.